The zero-order valence-corrected chi connectivity index (χ0v) is 17.8. The second-order valence-corrected chi connectivity index (χ2v) is 8.28. The Morgan fingerprint density at radius 1 is 1.07 bits per heavy atom. The molecule has 0 atom stereocenters. The maximum atomic E-state index is 13.2. The van der Waals surface area contributed by atoms with E-state index in [9.17, 15) is 12.8 Å². The van der Waals surface area contributed by atoms with Crippen LogP contribution in [0.4, 0.5) is 21.6 Å². The molecule has 0 amide bonds. The topological polar surface area (TPSA) is 105 Å². The smallest absolute Gasteiger partial charge is 0.263 e. The van der Waals surface area contributed by atoms with Crippen molar-refractivity contribution in [3.05, 3.63) is 65.7 Å². The summed E-state index contributed by atoms with van der Waals surface area (Å²) in [6.07, 6.45) is 1.19. The normalized spacial score (nSPS) is 10.9. The van der Waals surface area contributed by atoms with E-state index in [2.05, 4.69) is 25.3 Å². The first-order chi connectivity index (χ1) is 14.3. The van der Waals surface area contributed by atoms with Gasteiger partial charge in [0.15, 0.2) is 5.11 Å². The van der Waals surface area contributed by atoms with E-state index < -0.39 is 15.8 Å². The number of nitrogens with zero attached hydrogens (tertiary/aromatic N) is 2. The molecule has 156 valence electrons. The SMILES string of the molecule is COc1cc(NS(=O)(=O)c2ccc(NC(=S)Nc3ccc(F)c(Cl)c3)cc2)ncn1. The number of aromatic nitrogens is 2. The molecule has 3 aromatic rings. The lowest BCUT2D eigenvalue weighted by Crippen LogP contribution is -2.19. The predicted molar refractivity (Wildman–Crippen MR) is 117 cm³/mol. The second kappa shape index (κ2) is 9.20. The first-order valence-corrected chi connectivity index (χ1v) is 10.6. The molecule has 0 aliphatic carbocycles. The number of rotatable bonds is 6. The minimum atomic E-state index is -3.86. The van der Waals surface area contributed by atoms with Gasteiger partial charge in [0.25, 0.3) is 10.0 Å². The zero-order chi connectivity index (χ0) is 21.7. The molecule has 0 aliphatic heterocycles. The lowest BCUT2D eigenvalue weighted by molar-refractivity contribution is 0.397. The largest absolute Gasteiger partial charge is 0.481 e. The van der Waals surface area contributed by atoms with Gasteiger partial charge in [0, 0.05) is 17.4 Å². The molecule has 1 aromatic heterocycles. The number of thiocarbonyl (C=S) groups is 1. The Bertz CT molecular complexity index is 1180. The van der Waals surface area contributed by atoms with E-state index in [1.54, 1.807) is 12.1 Å². The van der Waals surface area contributed by atoms with Crippen LogP contribution in [0.2, 0.25) is 5.02 Å². The maximum Gasteiger partial charge on any atom is 0.263 e. The fraction of sp³-hybridized carbons (Fsp3) is 0.0556. The summed E-state index contributed by atoms with van der Waals surface area (Å²) in [6.45, 7) is 0. The van der Waals surface area contributed by atoms with Gasteiger partial charge in [-0.1, -0.05) is 11.6 Å². The van der Waals surface area contributed by atoms with Crippen LogP contribution in [0.1, 0.15) is 0 Å². The van der Waals surface area contributed by atoms with Crippen LogP contribution in [0.3, 0.4) is 0 Å². The van der Waals surface area contributed by atoms with Crippen molar-refractivity contribution in [1.29, 1.82) is 0 Å². The Kier molecular flexibility index (Phi) is 6.65. The zero-order valence-electron chi connectivity index (χ0n) is 15.4. The fourth-order valence-electron chi connectivity index (χ4n) is 2.29. The van der Waals surface area contributed by atoms with Gasteiger partial charge in [0.2, 0.25) is 5.88 Å². The van der Waals surface area contributed by atoms with E-state index in [1.807, 2.05) is 0 Å². The van der Waals surface area contributed by atoms with Crippen molar-refractivity contribution in [3.63, 3.8) is 0 Å². The third kappa shape index (κ3) is 5.53. The minimum Gasteiger partial charge on any atom is -0.481 e. The average molecular weight is 468 g/mol. The molecular formula is C18H15ClFN5O3S2. The van der Waals surface area contributed by atoms with Crippen molar-refractivity contribution in [3.8, 4) is 5.88 Å². The molecule has 0 saturated carbocycles. The molecule has 1 heterocycles. The van der Waals surface area contributed by atoms with Crippen LogP contribution >= 0.6 is 23.8 Å². The number of halogens is 2. The molecule has 2 aromatic carbocycles. The van der Waals surface area contributed by atoms with Gasteiger partial charge < -0.3 is 15.4 Å². The number of methoxy groups -OCH3 is 1. The van der Waals surface area contributed by atoms with E-state index in [4.69, 9.17) is 28.6 Å². The second-order valence-electron chi connectivity index (χ2n) is 5.78. The maximum absolute atomic E-state index is 13.2. The average Bonchev–Trinajstić information content (AvgIpc) is 2.71. The highest BCUT2D eigenvalue weighted by atomic mass is 35.5. The van der Waals surface area contributed by atoms with Crippen molar-refractivity contribution in [2.45, 2.75) is 4.90 Å². The van der Waals surface area contributed by atoms with Gasteiger partial charge in [-0.3, -0.25) is 4.72 Å². The lowest BCUT2D eigenvalue weighted by atomic mass is 10.3. The Balaban J connectivity index is 1.66. The van der Waals surface area contributed by atoms with Crippen LogP contribution in [-0.4, -0.2) is 30.6 Å². The summed E-state index contributed by atoms with van der Waals surface area (Å²) < 4.78 is 45.6. The fourth-order valence-corrected chi connectivity index (χ4v) is 3.70. The minimum absolute atomic E-state index is 0.0230. The highest BCUT2D eigenvalue weighted by Crippen LogP contribution is 2.21. The summed E-state index contributed by atoms with van der Waals surface area (Å²) in [5, 5.41) is 5.94. The van der Waals surface area contributed by atoms with Gasteiger partial charge in [-0.25, -0.2) is 22.8 Å². The van der Waals surface area contributed by atoms with Crippen LogP contribution in [0.15, 0.2) is 59.8 Å². The number of sulfonamides is 1. The Morgan fingerprint density at radius 3 is 2.40 bits per heavy atom. The quantitative estimate of drug-likeness (QED) is 0.469. The van der Waals surface area contributed by atoms with Crippen molar-refractivity contribution in [2.75, 3.05) is 22.5 Å². The number of hydrogen-bond acceptors (Lipinski definition) is 6. The van der Waals surface area contributed by atoms with Crippen molar-refractivity contribution in [1.82, 2.24) is 9.97 Å². The van der Waals surface area contributed by atoms with Gasteiger partial charge in [-0.15, -0.1) is 0 Å². The third-order valence-corrected chi connectivity index (χ3v) is 5.55. The molecule has 12 heteroatoms. The number of nitrogens with one attached hydrogen (secondary N) is 3. The van der Waals surface area contributed by atoms with Crippen LogP contribution in [0.25, 0.3) is 0 Å². The molecule has 3 rings (SSSR count). The number of benzene rings is 2. The molecule has 0 aliphatic rings. The first-order valence-electron chi connectivity index (χ1n) is 8.29. The molecule has 30 heavy (non-hydrogen) atoms. The summed E-state index contributed by atoms with van der Waals surface area (Å²) in [7, 11) is -2.45. The molecule has 0 radical (unpaired) electrons. The molecular weight excluding hydrogens is 453 g/mol. The molecule has 0 unspecified atom stereocenters. The van der Waals surface area contributed by atoms with E-state index in [1.165, 1.54) is 49.8 Å². The van der Waals surface area contributed by atoms with E-state index in [0.29, 0.717) is 11.4 Å². The monoisotopic (exact) mass is 467 g/mol. The van der Waals surface area contributed by atoms with Gasteiger partial charge >= 0.3 is 0 Å². The molecule has 0 spiro atoms. The number of ether oxygens (including phenoxy) is 1. The molecule has 8 nitrogen and oxygen atoms in total. The van der Waals surface area contributed by atoms with E-state index >= 15 is 0 Å². The van der Waals surface area contributed by atoms with Gasteiger partial charge in [0.05, 0.1) is 17.0 Å². The standard InChI is InChI=1S/C18H15ClFN5O3S2/c1-28-17-9-16(21-10-22-17)25-30(26,27)13-5-2-11(3-6-13)23-18(29)24-12-4-7-15(20)14(19)8-12/h2-10H,1H3,(H,21,22,25)(H2,23,24,29). The van der Waals surface area contributed by atoms with Crippen molar-refractivity contribution < 1.29 is 17.5 Å². The summed E-state index contributed by atoms with van der Waals surface area (Å²) in [4.78, 5) is 7.70. The summed E-state index contributed by atoms with van der Waals surface area (Å²) >= 11 is 10.9. The number of anilines is 3. The summed E-state index contributed by atoms with van der Waals surface area (Å²) in [5.41, 5.74) is 1.05. The van der Waals surface area contributed by atoms with Crippen LogP contribution in [0, 0.1) is 5.82 Å². The highest BCUT2D eigenvalue weighted by molar-refractivity contribution is 7.92. The predicted octanol–water partition coefficient (Wildman–Crippen LogP) is 3.89. The Labute approximate surface area is 182 Å². The third-order valence-electron chi connectivity index (χ3n) is 3.69. The van der Waals surface area contributed by atoms with Crippen LogP contribution < -0.4 is 20.1 Å². The van der Waals surface area contributed by atoms with Gasteiger partial charge in [0.1, 0.15) is 18.0 Å². The van der Waals surface area contributed by atoms with E-state index in [0.717, 1.165) is 0 Å². The molecule has 0 bridgehead atoms. The lowest BCUT2D eigenvalue weighted by Gasteiger charge is -2.12. The molecule has 3 N–H and O–H groups in total. The Hall–Kier alpha value is -3.02. The van der Waals surface area contributed by atoms with Crippen molar-refractivity contribution >= 4 is 56.1 Å². The van der Waals surface area contributed by atoms with Crippen LogP contribution in [0.5, 0.6) is 5.88 Å². The molecule has 0 saturated heterocycles. The van der Waals surface area contributed by atoms with Gasteiger partial charge in [-0.05, 0) is 54.7 Å². The van der Waals surface area contributed by atoms with Gasteiger partial charge in [-0.2, -0.15) is 0 Å². The first kappa shape index (κ1) is 21.7. The molecule has 0 fully saturated rings. The van der Waals surface area contributed by atoms with Crippen LogP contribution in [-0.2, 0) is 10.0 Å². The number of hydrogen-bond donors (Lipinski definition) is 3. The Morgan fingerprint density at radius 2 is 1.73 bits per heavy atom. The highest BCUT2D eigenvalue weighted by Gasteiger charge is 2.15. The summed E-state index contributed by atoms with van der Waals surface area (Å²) in [6, 6.07) is 11.3. The summed E-state index contributed by atoms with van der Waals surface area (Å²) in [5.74, 6) is -0.231. The van der Waals surface area contributed by atoms with Crippen molar-refractivity contribution in [2.24, 2.45) is 0 Å². The van der Waals surface area contributed by atoms with E-state index in [-0.39, 0.29) is 26.7 Å².